The van der Waals surface area contributed by atoms with E-state index in [0.717, 1.165) is 70.6 Å². The van der Waals surface area contributed by atoms with Gasteiger partial charge in [-0.1, -0.05) is 274 Å². The van der Waals surface area contributed by atoms with Crippen LogP contribution in [0.25, 0.3) is 0 Å². The maximum atomic E-state index is 12.7. The van der Waals surface area contributed by atoms with Gasteiger partial charge < -0.3 is 20.1 Å². The van der Waals surface area contributed by atoms with E-state index in [4.69, 9.17) is 24.3 Å². The van der Waals surface area contributed by atoms with E-state index < -0.39 is 26.5 Å². The van der Waals surface area contributed by atoms with Crippen LogP contribution in [0.3, 0.4) is 0 Å². The number of hydrogen-bond acceptors (Lipinski definition) is 8. The van der Waals surface area contributed by atoms with Gasteiger partial charge in [-0.15, -0.1) is 0 Å². The fraction of sp³-hybridized carbons (Fsp3) is 0.833. The number of esters is 2. The number of allylic oxidation sites excluding steroid dienone is 8. The Morgan fingerprint density at radius 2 is 0.786 bits per heavy atom. The van der Waals surface area contributed by atoms with Crippen molar-refractivity contribution < 1.29 is 37.6 Å². The van der Waals surface area contributed by atoms with E-state index in [1.165, 1.54) is 186 Å². The molecule has 9 nitrogen and oxygen atoms in total. The van der Waals surface area contributed by atoms with E-state index in [9.17, 15) is 19.0 Å². The van der Waals surface area contributed by atoms with E-state index in [0.29, 0.717) is 6.42 Å². The third kappa shape index (κ3) is 55.3. The molecule has 0 heterocycles. The van der Waals surface area contributed by atoms with Gasteiger partial charge in [-0.05, 0) is 51.4 Å². The predicted molar refractivity (Wildman–Crippen MR) is 298 cm³/mol. The van der Waals surface area contributed by atoms with Gasteiger partial charge in [-0.25, -0.2) is 4.57 Å². The Bertz CT molecular complexity index is 1280. The first-order chi connectivity index (χ1) is 34.3. The highest BCUT2D eigenvalue weighted by molar-refractivity contribution is 7.47. The van der Waals surface area contributed by atoms with Gasteiger partial charge in [0.05, 0.1) is 13.2 Å². The summed E-state index contributed by atoms with van der Waals surface area (Å²) in [7, 11) is -4.39. The van der Waals surface area contributed by atoms with Gasteiger partial charge in [0.25, 0.3) is 0 Å². The summed E-state index contributed by atoms with van der Waals surface area (Å²) < 4.78 is 33.0. The smallest absolute Gasteiger partial charge is 0.462 e. The fourth-order valence-electron chi connectivity index (χ4n) is 8.63. The van der Waals surface area contributed by atoms with Crippen molar-refractivity contribution in [3.63, 3.8) is 0 Å². The van der Waals surface area contributed by atoms with Crippen molar-refractivity contribution >= 4 is 19.8 Å². The molecule has 3 N–H and O–H groups in total. The van der Waals surface area contributed by atoms with Crippen LogP contribution in [0.4, 0.5) is 0 Å². The van der Waals surface area contributed by atoms with Gasteiger partial charge in [0.2, 0.25) is 0 Å². The highest BCUT2D eigenvalue weighted by Gasteiger charge is 2.26. The van der Waals surface area contributed by atoms with Gasteiger partial charge in [-0.2, -0.15) is 0 Å². The minimum absolute atomic E-state index is 0.0487. The Kier molecular flexibility index (Phi) is 54.6. The molecule has 0 aromatic heterocycles. The van der Waals surface area contributed by atoms with Crippen molar-refractivity contribution in [3.05, 3.63) is 48.6 Å². The third-order valence-corrected chi connectivity index (χ3v) is 14.0. The van der Waals surface area contributed by atoms with Crippen molar-refractivity contribution in [1.29, 1.82) is 0 Å². The number of phosphoric ester groups is 1. The molecule has 2 atom stereocenters. The van der Waals surface area contributed by atoms with Crippen LogP contribution in [-0.2, 0) is 32.7 Å². The largest absolute Gasteiger partial charge is 0.472 e. The molecule has 0 saturated heterocycles. The average Bonchev–Trinajstić information content (AvgIpc) is 3.35. The van der Waals surface area contributed by atoms with Crippen molar-refractivity contribution in [2.24, 2.45) is 5.73 Å². The Labute approximate surface area is 432 Å². The minimum atomic E-state index is -4.39. The third-order valence-electron chi connectivity index (χ3n) is 13.0. The molecule has 0 saturated carbocycles. The molecule has 0 amide bonds. The Morgan fingerprint density at radius 1 is 0.443 bits per heavy atom. The number of rotatable bonds is 56. The number of hydrogen-bond donors (Lipinski definition) is 2. The van der Waals surface area contributed by atoms with Crippen LogP contribution >= 0.6 is 7.82 Å². The summed E-state index contributed by atoms with van der Waals surface area (Å²) >= 11 is 0. The van der Waals surface area contributed by atoms with E-state index in [-0.39, 0.29) is 38.6 Å². The molecule has 0 rings (SSSR count). The zero-order valence-corrected chi connectivity index (χ0v) is 46.7. The first-order valence-corrected chi connectivity index (χ1v) is 31.1. The first-order valence-electron chi connectivity index (χ1n) is 29.6. The molecule has 0 aromatic carbocycles. The SMILES string of the molecule is CC/C=C\C/C=C\C/C=C\C/C=C\CCCCCCC(=O)OC(COC(=O)CCCCCCCCCCCCCCCCCCCCCCCCCCCCCCCCCC)COP(=O)(O)OCCN. The summed E-state index contributed by atoms with van der Waals surface area (Å²) in [6, 6.07) is 0. The molecular weight excluding hydrogens is 894 g/mol. The summed E-state index contributed by atoms with van der Waals surface area (Å²) in [6.07, 6.45) is 69.1. The number of ether oxygens (including phenoxy) is 2. The molecule has 70 heavy (non-hydrogen) atoms. The van der Waals surface area contributed by atoms with Gasteiger partial charge in [-0.3, -0.25) is 18.6 Å². The van der Waals surface area contributed by atoms with Crippen LogP contribution in [0.5, 0.6) is 0 Å². The highest BCUT2D eigenvalue weighted by atomic mass is 31.2. The zero-order chi connectivity index (χ0) is 51.0. The Morgan fingerprint density at radius 3 is 1.17 bits per heavy atom. The van der Waals surface area contributed by atoms with Gasteiger partial charge in [0.1, 0.15) is 6.61 Å². The summed E-state index contributed by atoms with van der Waals surface area (Å²) in [5, 5.41) is 0. The number of phosphoric acid groups is 1. The standard InChI is InChI=1S/C60H112NO8P/c1-3-5-7-9-11-13-15-17-19-21-22-23-24-25-26-27-28-29-30-31-32-33-34-35-37-38-40-42-44-46-48-50-52-59(62)66-56-58(57-68-70(64,65)67-55-54-61)69-60(63)53-51-49-47-45-43-41-39-36-20-18-16-14-12-10-8-6-4-2/h6,8,12,14,18,20,39,41,58H,3-5,7,9-11,13,15-17,19,21-38,40,42-57,61H2,1-2H3,(H,64,65)/b8-6-,14-12-,20-18-,41-39-. The lowest BCUT2D eigenvalue weighted by Gasteiger charge is -2.19. The normalized spacial score (nSPS) is 13.4. The Balaban J connectivity index is 3.86. The number of carbonyl (C=O) groups is 2. The van der Waals surface area contributed by atoms with Crippen LogP contribution in [0.1, 0.15) is 290 Å². The minimum Gasteiger partial charge on any atom is -0.462 e. The molecule has 0 aromatic rings. The molecular formula is C60H112NO8P. The first kappa shape index (κ1) is 68.0. The number of unbranched alkanes of at least 4 members (excludes halogenated alkanes) is 35. The molecule has 0 radical (unpaired) electrons. The molecule has 0 aliphatic heterocycles. The average molecular weight is 1010 g/mol. The van der Waals surface area contributed by atoms with Crippen molar-refractivity contribution in [2.75, 3.05) is 26.4 Å². The van der Waals surface area contributed by atoms with Crippen molar-refractivity contribution in [2.45, 2.75) is 296 Å². The lowest BCUT2D eigenvalue weighted by Crippen LogP contribution is -2.29. The van der Waals surface area contributed by atoms with Crippen LogP contribution < -0.4 is 5.73 Å². The van der Waals surface area contributed by atoms with Crippen LogP contribution in [0, 0.1) is 0 Å². The molecule has 0 spiro atoms. The maximum absolute atomic E-state index is 12.7. The second kappa shape index (κ2) is 56.3. The lowest BCUT2D eigenvalue weighted by molar-refractivity contribution is -0.161. The second-order valence-corrected chi connectivity index (χ2v) is 21.3. The van der Waals surface area contributed by atoms with Gasteiger partial charge in [0.15, 0.2) is 6.10 Å². The Hall–Kier alpha value is -2.03. The van der Waals surface area contributed by atoms with Crippen molar-refractivity contribution in [1.82, 2.24) is 0 Å². The summed E-state index contributed by atoms with van der Waals surface area (Å²) in [5.74, 6) is -0.845. The van der Waals surface area contributed by atoms with Crippen molar-refractivity contribution in [3.8, 4) is 0 Å². The van der Waals surface area contributed by atoms with E-state index >= 15 is 0 Å². The van der Waals surface area contributed by atoms with Crippen LogP contribution in [0.2, 0.25) is 0 Å². The van der Waals surface area contributed by atoms with Gasteiger partial charge >= 0.3 is 19.8 Å². The quantitative estimate of drug-likeness (QED) is 0.0264. The maximum Gasteiger partial charge on any atom is 0.472 e. The number of carbonyl (C=O) groups excluding carboxylic acids is 2. The van der Waals surface area contributed by atoms with E-state index in [1.54, 1.807) is 0 Å². The summed E-state index contributed by atoms with van der Waals surface area (Å²) in [4.78, 5) is 35.1. The summed E-state index contributed by atoms with van der Waals surface area (Å²) in [5.41, 5.74) is 5.37. The summed E-state index contributed by atoms with van der Waals surface area (Å²) in [6.45, 7) is 3.64. The fourth-order valence-corrected chi connectivity index (χ4v) is 9.40. The molecule has 0 aliphatic carbocycles. The van der Waals surface area contributed by atoms with E-state index in [2.05, 4.69) is 62.5 Å². The topological polar surface area (TPSA) is 134 Å². The van der Waals surface area contributed by atoms with Crippen LogP contribution in [0.15, 0.2) is 48.6 Å². The molecule has 0 aliphatic rings. The molecule has 2 unspecified atom stereocenters. The monoisotopic (exact) mass is 1010 g/mol. The van der Waals surface area contributed by atoms with Crippen LogP contribution in [-0.4, -0.2) is 49.3 Å². The lowest BCUT2D eigenvalue weighted by atomic mass is 10.0. The van der Waals surface area contributed by atoms with E-state index in [1.807, 2.05) is 0 Å². The molecule has 0 fully saturated rings. The second-order valence-electron chi connectivity index (χ2n) is 19.8. The highest BCUT2D eigenvalue weighted by Crippen LogP contribution is 2.43. The van der Waals surface area contributed by atoms with Gasteiger partial charge in [0, 0.05) is 19.4 Å². The predicted octanol–water partition coefficient (Wildman–Crippen LogP) is 18.6. The molecule has 10 heteroatoms. The zero-order valence-electron chi connectivity index (χ0n) is 45.8. The molecule has 0 bridgehead atoms. The molecule has 410 valence electrons. The number of nitrogens with two attached hydrogens (primary N) is 1.